The van der Waals surface area contributed by atoms with Gasteiger partial charge in [-0.3, -0.25) is 14.4 Å². The Morgan fingerprint density at radius 1 is 0.933 bits per heavy atom. The number of allylic oxidation sites excluding steroid dienone is 4. The largest absolute Gasteiger partial charge is 0.391 e. The molecule has 1 saturated heterocycles. The van der Waals surface area contributed by atoms with Crippen LogP contribution in [0.2, 0.25) is 0 Å². The minimum atomic E-state index is -0.694. The number of likely N-dealkylation sites (tertiary alicyclic amines) is 1. The maximum atomic E-state index is 13.9. The topological polar surface area (TPSA) is 102 Å². The van der Waals surface area contributed by atoms with Crippen LogP contribution in [0, 0.1) is 23.7 Å². The fraction of sp³-hybridized carbons (Fsp3) is 0.811. The van der Waals surface area contributed by atoms with Gasteiger partial charge in [-0.25, -0.2) is 0 Å². The van der Waals surface area contributed by atoms with Crippen molar-refractivity contribution in [3.8, 4) is 0 Å². The van der Waals surface area contributed by atoms with E-state index in [0.29, 0.717) is 37.6 Å². The molecule has 3 amide bonds. The summed E-state index contributed by atoms with van der Waals surface area (Å²) in [5.74, 6) is 0.179. The lowest BCUT2D eigenvalue weighted by atomic mass is 9.83. The van der Waals surface area contributed by atoms with Crippen LogP contribution in [0.3, 0.4) is 0 Å². The second-order valence-corrected chi connectivity index (χ2v) is 14.6. The molecule has 2 fully saturated rings. The van der Waals surface area contributed by atoms with Crippen molar-refractivity contribution < 1.29 is 19.5 Å². The van der Waals surface area contributed by atoms with E-state index in [1.807, 2.05) is 26.1 Å². The predicted octanol–water partition coefficient (Wildman–Crippen LogP) is 5.61. The van der Waals surface area contributed by atoms with Gasteiger partial charge in [-0.15, -0.1) is 0 Å². The Kier molecular flexibility index (Phi) is 16.7. The van der Waals surface area contributed by atoms with Gasteiger partial charge in [0.2, 0.25) is 17.7 Å². The number of hydrogen-bond donors (Lipinski definition) is 3. The first-order valence-electron chi connectivity index (χ1n) is 18.2. The van der Waals surface area contributed by atoms with Gasteiger partial charge in [0, 0.05) is 32.5 Å². The van der Waals surface area contributed by atoms with E-state index in [1.54, 1.807) is 4.90 Å². The standard InChI is InChI=1S/C37H64N4O4/c1-5-14-32(37(45)39-33(34(42)20-19-28(2)3)26-30-17-10-7-11-18-30)38-36(44)31(25-29-15-8-6-9-16-29)27-35(43)40(4)23-24-41-21-12-13-22-41/h6,8-9,15,28-34,42H,5,7,10-14,16-27H2,1-4H3,(H,38,44)(H,39,45)/t29?,31?,32-,33-,34-/m0/s1. The molecule has 256 valence electrons. The maximum absolute atomic E-state index is 13.9. The van der Waals surface area contributed by atoms with Crippen LogP contribution in [-0.2, 0) is 14.4 Å². The number of likely N-dealkylation sites (N-methyl/N-ethyl adjacent to an activating group) is 1. The van der Waals surface area contributed by atoms with Crippen LogP contribution in [0.4, 0.5) is 0 Å². The Morgan fingerprint density at radius 2 is 1.67 bits per heavy atom. The van der Waals surface area contributed by atoms with Crippen molar-refractivity contribution >= 4 is 17.7 Å². The Bertz CT molecular complexity index is 954. The Morgan fingerprint density at radius 3 is 2.31 bits per heavy atom. The quantitative estimate of drug-likeness (QED) is 0.173. The first-order chi connectivity index (χ1) is 21.7. The van der Waals surface area contributed by atoms with Crippen LogP contribution in [0.15, 0.2) is 24.3 Å². The fourth-order valence-corrected chi connectivity index (χ4v) is 7.17. The van der Waals surface area contributed by atoms with Crippen LogP contribution in [0.5, 0.6) is 0 Å². The molecule has 8 nitrogen and oxygen atoms in total. The van der Waals surface area contributed by atoms with Gasteiger partial charge in [-0.2, -0.15) is 0 Å². The molecule has 1 aliphatic heterocycles. The molecule has 2 aliphatic carbocycles. The average molecular weight is 629 g/mol. The summed E-state index contributed by atoms with van der Waals surface area (Å²) in [6, 6.07) is -1.02. The monoisotopic (exact) mass is 628 g/mol. The molecular weight excluding hydrogens is 564 g/mol. The summed E-state index contributed by atoms with van der Waals surface area (Å²) in [4.78, 5) is 45.2. The zero-order valence-corrected chi connectivity index (χ0v) is 28.9. The molecule has 0 radical (unpaired) electrons. The smallest absolute Gasteiger partial charge is 0.242 e. The number of nitrogens with one attached hydrogen (secondary N) is 2. The van der Waals surface area contributed by atoms with Crippen LogP contribution >= 0.6 is 0 Å². The van der Waals surface area contributed by atoms with Gasteiger partial charge >= 0.3 is 0 Å². The minimum absolute atomic E-state index is 0.0259. The predicted molar refractivity (Wildman–Crippen MR) is 182 cm³/mol. The summed E-state index contributed by atoms with van der Waals surface area (Å²) >= 11 is 0. The molecule has 3 N–H and O–H groups in total. The van der Waals surface area contributed by atoms with Gasteiger partial charge in [0.05, 0.1) is 12.1 Å². The van der Waals surface area contributed by atoms with E-state index in [-0.39, 0.29) is 36.1 Å². The summed E-state index contributed by atoms with van der Waals surface area (Å²) < 4.78 is 0. The van der Waals surface area contributed by atoms with Crippen molar-refractivity contribution in [1.29, 1.82) is 0 Å². The highest BCUT2D eigenvalue weighted by atomic mass is 16.3. The van der Waals surface area contributed by atoms with E-state index >= 15 is 0 Å². The number of nitrogens with zero attached hydrogens (tertiary/aromatic N) is 2. The Hall–Kier alpha value is -2.19. The molecule has 0 aromatic rings. The third-order valence-corrected chi connectivity index (χ3v) is 10.2. The van der Waals surface area contributed by atoms with E-state index in [9.17, 15) is 19.5 Å². The van der Waals surface area contributed by atoms with E-state index in [4.69, 9.17) is 0 Å². The van der Waals surface area contributed by atoms with Gasteiger partial charge in [0.15, 0.2) is 0 Å². The highest BCUT2D eigenvalue weighted by molar-refractivity contribution is 5.90. The number of rotatable bonds is 19. The van der Waals surface area contributed by atoms with Crippen molar-refractivity contribution in [2.75, 3.05) is 33.2 Å². The fourth-order valence-electron chi connectivity index (χ4n) is 7.17. The normalized spacial score (nSPS) is 21.8. The number of aliphatic hydroxyl groups is 1. The Labute approximate surface area is 273 Å². The van der Waals surface area contributed by atoms with Crippen LogP contribution in [-0.4, -0.2) is 84.0 Å². The van der Waals surface area contributed by atoms with E-state index < -0.39 is 18.1 Å². The minimum Gasteiger partial charge on any atom is -0.391 e. The van der Waals surface area contributed by atoms with E-state index in [1.165, 1.54) is 32.1 Å². The van der Waals surface area contributed by atoms with Gasteiger partial charge in [-0.05, 0) is 82.2 Å². The van der Waals surface area contributed by atoms with E-state index in [2.05, 4.69) is 41.5 Å². The molecular formula is C37H64N4O4. The first-order valence-corrected chi connectivity index (χ1v) is 18.2. The molecule has 2 unspecified atom stereocenters. The molecule has 0 aromatic carbocycles. The SMILES string of the molecule is CCC[C@H](NC(=O)C(CC(=O)N(C)CCN1CCCC1)CC1C=CC=CC1)C(=O)N[C@@H](CC1CCCCC1)[C@@H](O)CCC(C)C. The summed E-state index contributed by atoms with van der Waals surface area (Å²) in [6.45, 7) is 10.0. The molecule has 0 aromatic heterocycles. The second kappa shape index (κ2) is 20.1. The number of carbonyl (C=O) groups excluding carboxylic acids is 3. The van der Waals surface area contributed by atoms with Crippen molar-refractivity contribution in [3.05, 3.63) is 24.3 Å². The van der Waals surface area contributed by atoms with Gasteiger partial charge in [0.25, 0.3) is 0 Å². The lowest BCUT2D eigenvalue weighted by Crippen LogP contribution is -2.54. The molecule has 5 atom stereocenters. The summed E-state index contributed by atoms with van der Waals surface area (Å²) in [5, 5.41) is 17.5. The lowest BCUT2D eigenvalue weighted by molar-refractivity contribution is -0.137. The van der Waals surface area contributed by atoms with Crippen LogP contribution < -0.4 is 10.6 Å². The molecule has 1 heterocycles. The maximum Gasteiger partial charge on any atom is 0.242 e. The number of amides is 3. The first kappa shape index (κ1) is 37.3. The molecule has 0 bridgehead atoms. The second-order valence-electron chi connectivity index (χ2n) is 14.6. The molecule has 45 heavy (non-hydrogen) atoms. The van der Waals surface area contributed by atoms with Crippen LogP contribution in [0.25, 0.3) is 0 Å². The number of carbonyl (C=O) groups is 3. The zero-order chi connectivity index (χ0) is 32.6. The summed E-state index contributed by atoms with van der Waals surface area (Å²) in [7, 11) is 1.83. The molecule has 8 heteroatoms. The van der Waals surface area contributed by atoms with E-state index in [0.717, 1.165) is 58.2 Å². The van der Waals surface area contributed by atoms with Crippen molar-refractivity contribution in [3.63, 3.8) is 0 Å². The summed E-state index contributed by atoms with van der Waals surface area (Å²) in [5.41, 5.74) is 0. The Balaban J connectivity index is 1.67. The molecule has 1 saturated carbocycles. The highest BCUT2D eigenvalue weighted by Crippen LogP contribution is 2.29. The third kappa shape index (κ3) is 13.6. The number of aliphatic hydroxyl groups excluding tert-OH is 1. The van der Waals surface area contributed by atoms with Gasteiger partial charge in [-0.1, -0.05) is 83.6 Å². The van der Waals surface area contributed by atoms with Crippen molar-refractivity contribution in [2.45, 2.75) is 135 Å². The average Bonchev–Trinajstić information content (AvgIpc) is 3.56. The lowest BCUT2D eigenvalue weighted by Gasteiger charge is -2.32. The summed E-state index contributed by atoms with van der Waals surface area (Å²) in [6.07, 6.45) is 21.2. The van der Waals surface area contributed by atoms with Gasteiger partial charge < -0.3 is 25.5 Å². The molecule has 3 rings (SSSR count). The van der Waals surface area contributed by atoms with Crippen LogP contribution in [0.1, 0.15) is 117 Å². The third-order valence-electron chi connectivity index (χ3n) is 10.2. The van der Waals surface area contributed by atoms with Gasteiger partial charge in [0.1, 0.15) is 6.04 Å². The highest BCUT2D eigenvalue weighted by Gasteiger charge is 2.32. The van der Waals surface area contributed by atoms with Crippen molar-refractivity contribution in [2.24, 2.45) is 23.7 Å². The number of hydrogen-bond acceptors (Lipinski definition) is 5. The molecule has 3 aliphatic rings. The van der Waals surface area contributed by atoms with Crippen molar-refractivity contribution in [1.82, 2.24) is 20.4 Å². The zero-order valence-electron chi connectivity index (χ0n) is 28.9. The molecule has 0 spiro atoms.